The molecule has 0 saturated carbocycles. The molecule has 0 heterocycles. The molecule has 1 rings (SSSR count). The van der Waals surface area contributed by atoms with Crippen molar-refractivity contribution in [3.05, 3.63) is 60.7 Å². The Morgan fingerprint density at radius 2 is 2.07 bits per heavy atom. The van der Waals surface area contributed by atoms with Crippen LogP contribution in [-0.4, -0.2) is 17.8 Å². The minimum Gasteiger partial charge on any atom is -0.393 e. The lowest BCUT2D eigenvalue weighted by molar-refractivity contribution is 0.0322. The van der Waals surface area contributed by atoms with Gasteiger partial charge in [-0.15, -0.1) is 0 Å². The van der Waals surface area contributed by atoms with Gasteiger partial charge in [-0.1, -0.05) is 55.1 Å². The third kappa shape index (κ3) is 4.58. The van der Waals surface area contributed by atoms with Crippen molar-refractivity contribution >= 4 is 0 Å². The van der Waals surface area contributed by atoms with Gasteiger partial charge in [0.05, 0.1) is 19.3 Å². The van der Waals surface area contributed by atoms with Crippen LogP contribution in [0.25, 0.3) is 0 Å². The molecule has 2 heteroatoms. The molecule has 0 spiro atoms. The van der Waals surface area contributed by atoms with Gasteiger partial charge in [-0.05, 0) is 5.56 Å². The molecule has 1 atom stereocenters. The summed E-state index contributed by atoms with van der Waals surface area (Å²) < 4.78 is 5.49. The molecule has 0 unspecified atom stereocenters. The number of benzene rings is 1. The predicted octanol–water partition coefficient (Wildman–Crippen LogP) is 2.31. The molecule has 1 aromatic rings. The Bertz CT molecular complexity index is 304. The van der Waals surface area contributed by atoms with Crippen molar-refractivity contribution in [3.63, 3.8) is 0 Å². The van der Waals surface area contributed by atoms with Crippen molar-refractivity contribution in [2.75, 3.05) is 6.61 Å². The van der Waals surface area contributed by atoms with Gasteiger partial charge < -0.3 is 9.84 Å². The van der Waals surface area contributed by atoms with Crippen LogP contribution in [0.3, 0.4) is 0 Å². The first-order valence-electron chi connectivity index (χ1n) is 4.92. The molecule has 0 amide bonds. The van der Waals surface area contributed by atoms with Crippen molar-refractivity contribution < 1.29 is 9.84 Å². The zero-order valence-electron chi connectivity index (χ0n) is 8.67. The largest absolute Gasteiger partial charge is 0.393 e. The Labute approximate surface area is 90.5 Å². The third-order valence-corrected chi connectivity index (χ3v) is 1.95. The molecule has 0 aromatic heterocycles. The first-order valence-corrected chi connectivity index (χ1v) is 4.92. The third-order valence-electron chi connectivity index (χ3n) is 1.95. The second kappa shape index (κ2) is 6.98. The molecular weight excluding hydrogens is 188 g/mol. The van der Waals surface area contributed by atoms with Crippen LogP contribution >= 0.6 is 0 Å². The van der Waals surface area contributed by atoms with Crippen molar-refractivity contribution in [1.29, 1.82) is 0 Å². The van der Waals surface area contributed by atoms with Gasteiger partial charge in [0.25, 0.3) is 0 Å². The van der Waals surface area contributed by atoms with Crippen LogP contribution in [0.2, 0.25) is 0 Å². The highest BCUT2D eigenvalue weighted by atomic mass is 16.5. The van der Waals surface area contributed by atoms with Crippen molar-refractivity contribution in [3.8, 4) is 0 Å². The topological polar surface area (TPSA) is 29.5 Å². The quantitative estimate of drug-likeness (QED) is 0.720. The maximum Gasteiger partial charge on any atom is 0.0994 e. The van der Waals surface area contributed by atoms with Crippen LogP contribution in [0, 0.1) is 0 Å². The van der Waals surface area contributed by atoms with Crippen molar-refractivity contribution in [1.82, 2.24) is 0 Å². The molecule has 0 aliphatic rings. The summed E-state index contributed by atoms with van der Waals surface area (Å²) in [5.41, 5.74) is 1.10. The lowest BCUT2D eigenvalue weighted by atomic mass is 10.2. The van der Waals surface area contributed by atoms with E-state index >= 15 is 0 Å². The smallest absolute Gasteiger partial charge is 0.0994 e. The fourth-order valence-corrected chi connectivity index (χ4v) is 1.15. The molecule has 1 N–H and O–H groups in total. The molecule has 0 saturated heterocycles. The van der Waals surface area contributed by atoms with Gasteiger partial charge in [0.1, 0.15) is 0 Å². The fourth-order valence-electron chi connectivity index (χ4n) is 1.15. The Morgan fingerprint density at radius 3 is 2.67 bits per heavy atom. The van der Waals surface area contributed by atoms with E-state index in [9.17, 15) is 0 Å². The second-order valence-electron chi connectivity index (χ2n) is 3.14. The minimum atomic E-state index is -0.261. The minimum absolute atomic E-state index is 0.0167. The van der Waals surface area contributed by atoms with E-state index in [2.05, 4.69) is 6.58 Å². The highest BCUT2D eigenvalue weighted by molar-refractivity contribution is 5.13. The zero-order chi connectivity index (χ0) is 10.9. The summed E-state index contributed by atoms with van der Waals surface area (Å²) in [6.45, 7) is 4.05. The standard InChI is InChI=1S/C13H16O2/c1-2-3-9-13(10-14)15-11-12-7-5-4-6-8-12/h2-9,13-14H,1,10-11H2/b9-3+/t13-/m1/s1. The number of allylic oxidation sites excluding steroid dienone is 2. The number of aliphatic hydroxyl groups excluding tert-OH is 1. The van der Waals surface area contributed by atoms with Crippen LogP contribution in [0.4, 0.5) is 0 Å². The number of rotatable bonds is 6. The van der Waals surface area contributed by atoms with E-state index in [1.165, 1.54) is 0 Å². The molecule has 0 radical (unpaired) electrons. The van der Waals surface area contributed by atoms with Gasteiger partial charge in [0.2, 0.25) is 0 Å². The van der Waals surface area contributed by atoms with Gasteiger partial charge >= 0.3 is 0 Å². The molecule has 0 aliphatic heterocycles. The van der Waals surface area contributed by atoms with Gasteiger partial charge in [0.15, 0.2) is 0 Å². The van der Waals surface area contributed by atoms with Crippen LogP contribution in [0.1, 0.15) is 5.56 Å². The summed E-state index contributed by atoms with van der Waals surface area (Å²) >= 11 is 0. The summed E-state index contributed by atoms with van der Waals surface area (Å²) in [7, 11) is 0. The molecular formula is C13H16O2. The van der Waals surface area contributed by atoms with E-state index < -0.39 is 0 Å². The van der Waals surface area contributed by atoms with E-state index in [-0.39, 0.29) is 12.7 Å². The molecule has 0 aliphatic carbocycles. The average molecular weight is 204 g/mol. The van der Waals surface area contributed by atoms with Gasteiger partial charge in [-0.2, -0.15) is 0 Å². The molecule has 1 aromatic carbocycles. The van der Waals surface area contributed by atoms with E-state index in [0.717, 1.165) is 5.56 Å². The Hall–Kier alpha value is -1.38. The first-order chi connectivity index (χ1) is 7.36. The monoisotopic (exact) mass is 204 g/mol. The van der Waals surface area contributed by atoms with Crippen LogP contribution in [-0.2, 0) is 11.3 Å². The second-order valence-corrected chi connectivity index (χ2v) is 3.14. The lowest BCUT2D eigenvalue weighted by Gasteiger charge is -2.10. The fraction of sp³-hybridized carbons (Fsp3) is 0.231. The van der Waals surface area contributed by atoms with Gasteiger partial charge in [-0.3, -0.25) is 0 Å². The van der Waals surface area contributed by atoms with E-state index in [4.69, 9.17) is 9.84 Å². The molecule has 15 heavy (non-hydrogen) atoms. The Kier molecular flexibility index (Phi) is 5.44. The number of aliphatic hydroxyl groups is 1. The Balaban J connectivity index is 2.41. The first kappa shape index (κ1) is 11.7. The van der Waals surface area contributed by atoms with E-state index in [0.29, 0.717) is 6.61 Å². The summed E-state index contributed by atoms with van der Waals surface area (Å²) in [5, 5.41) is 9.02. The Morgan fingerprint density at radius 1 is 1.33 bits per heavy atom. The molecule has 2 nitrogen and oxygen atoms in total. The summed E-state index contributed by atoms with van der Waals surface area (Å²) in [6.07, 6.45) is 4.96. The SMILES string of the molecule is C=C/C=C/[C@H](CO)OCc1ccccc1. The van der Waals surface area contributed by atoms with Crippen LogP contribution in [0.5, 0.6) is 0 Å². The normalized spacial score (nSPS) is 12.9. The zero-order valence-corrected chi connectivity index (χ0v) is 8.67. The van der Waals surface area contributed by atoms with Crippen molar-refractivity contribution in [2.45, 2.75) is 12.7 Å². The molecule has 0 fully saturated rings. The van der Waals surface area contributed by atoms with Gasteiger partial charge in [-0.25, -0.2) is 0 Å². The van der Waals surface area contributed by atoms with E-state index in [1.807, 2.05) is 30.3 Å². The maximum absolute atomic E-state index is 9.02. The van der Waals surface area contributed by atoms with Crippen molar-refractivity contribution in [2.24, 2.45) is 0 Å². The highest BCUT2D eigenvalue weighted by Crippen LogP contribution is 2.04. The lowest BCUT2D eigenvalue weighted by Crippen LogP contribution is -2.14. The average Bonchev–Trinajstić information content (AvgIpc) is 2.31. The maximum atomic E-state index is 9.02. The molecule has 0 bridgehead atoms. The number of hydrogen-bond acceptors (Lipinski definition) is 2. The summed E-state index contributed by atoms with van der Waals surface area (Å²) in [4.78, 5) is 0. The highest BCUT2D eigenvalue weighted by Gasteiger charge is 2.02. The predicted molar refractivity (Wildman–Crippen MR) is 61.4 cm³/mol. The van der Waals surface area contributed by atoms with Crippen LogP contribution < -0.4 is 0 Å². The van der Waals surface area contributed by atoms with E-state index in [1.54, 1.807) is 18.2 Å². The number of ether oxygens (including phenoxy) is 1. The molecule has 80 valence electrons. The summed E-state index contributed by atoms with van der Waals surface area (Å²) in [5.74, 6) is 0. The van der Waals surface area contributed by atoms with Crippen LogP contribution in [0.15, 0.2) is 55.1 Å². The summed E-state index contributed by atoms with van der Waals surface area (Å²) in [6, 6.07) is 9.88. The number of hydrogen-bond donors (Lipinski definition) is 1. The van der Waals surface area contributed by atoms with Gasteiger partial charge in [0, 0.05) is 0 Å².